The summed E-state index contributed by atoms with van der Waals surface area (Å²) in [7, 11) is 0. The smallest absolute Gasteiger partial charge is 0.338 e. The maximum Gasteiger partial charge on any atom is 0.338 e. The van der Waals surface area contributed by atoms with E-state index in [1.54, 1.807) is 25.4 Å². The van der Waals surface area contributed by atoms with Crippen LogP contribution in [0.2, 0.25) is 0 Å². The molecule has 4 fully saturated rings. The summed E-state index contributed by atoms with van der Waals surface area (Å²) in [6, 6.07) is 7.23. The lowest BCUT2D eigenvalue weighted by Crippen LogP contribution is -2.69. The molecule has 2 bridgehead atoms. The van der Waals surface area contributed by atoms with Gasteiger partial charge >= 0.3 is 11.9 Å². The SMILES string of the molecule is CCOC(=O)c1ccc(-c2ncnn2[C@@H]2C[C@@]34COC[C@@](C)([C@H]2OC[C@](C)(N)C(C)(C)C)[C@H]3CC[C@H]2C4=CC[C@@]3(C)[C@H](C(=O)O)[C@@](C)([C@H](C)C(C)C)CC[C@]23C)cc1. The van der Waals surface area contributed by atoms with Crippen molar-refractivity contribution in [1.82, 2.24) is 14.8 Å². The number of carboxylic acid groups (broad SMARTS) is 1. The van der Waals surface area contributed by atoms with Gasteiger partial charge in [0, 0.05) is 21.9 Å². The molecule has 0 unspecified atom stereocenters. The van der Waals surface area contributed by atoms with Crippen molar-refractivity contribution in [3.05, 3.63) is 47.8 Å². The third-order valence-electron chi connectivity index (χ3n) is 17.9. The topological polar surface area (TPSA) is 139 Å². The first kappa shape index (κ1) is 43.0. The molecule has 3 N–H and O–H groups in total. The second-order valence-corrected chi connectivity index (χ2v) is 21.8. The van der Waals surface area contributed by atoms with Crippen LogP contribution >= 0.6 is 0 Å². The Balaban J connectivity index is 1.34. The molecular weight excluding hydrogens is 729 g/mol. The van der Waals surface area contributed by atoms with Crippen LogP contribution in [0.1, 0.15) is 138 Å². The number of aromatic nitrogens is 3. The predicted molar refractivity (Wildman–Crippen MR) is 226 cm³/mol. The summed E-state index contributed by atoms with van der Waals surface area (Å²) in [6.45, 7) is 28.4. The second-order valence-electron chi connectivity index (χ2n) is 21.8. The van der Waals surface area contributed by atoms with Crippen molar-refractivity contribution in [3.63, 3.8) is 0 Å². The Hall–Kier alpha value is -3.08. The summed E-state index contributed by atoms with van der Waals surface area (Å²) < 4.78 is 21.4. The largest absolute Gasteiger partial charge is 0.481 e. The Labute approximate surface area is 347 Å². The molecule has 1 aliphatic heterocycles. The van der Waals surface area contributed by atoms with Crippen LogP contribution in [0.15, 0.2) is 42.2 Å². The summed E-state index contributed by atoms with van der Waals surface area (Å²) in [5, 5.41) is 16.2. The predicted octanol–water partition coefficient (Wildman–Crippen LogP) is 9.40. The Morgan fingerprint density at radius 3 is 2.33 bits per heavy atom. The average Bonchev–Trinajstić information content (AvgIpc) is 3.64. The van der Waals surface area contributed by atoms with E-state index in [-0.39, 0.29) is 57.0 Å². The third-order valence-corrected chi connectivity index (χ3v) is 17.9. The number of hydrogen-bond donors (Lipinski definition) is 2. The molecule has 0 radical (unpaired) electrons. The first-order valence-corrected chi connectivity index (χ1v) is 22.1. The first-order valence-electron chi connectivity index (χ1n) is 22.1. The molecule has 2 heterocycles. The second kappa shape index (κ2) is 14.5. The number of allylic oxidation sites excluding steroid dienone is 1. The Morgan fingerprint density at radius 1 is 1.02 bits per heavy atom. The molecule has 1 aromatic carbocycles. The van der Waals surface area contributed by atoms with Gasteiger partial charge in [-0.1, -0.05) is 93.0 Å². The lowest BCUT2D eigenvalue weighted by atomic mass is 9.34. The summed E-state index contributed by atoms with van der Waals surface area (Å²) >= 11 is 0. The van der Waals surface area contributed by atoms with E-state index in [0.29, 0.717) is 43.8 Å². The van der Waals surface area contributed by atoms with Crippen molar-refractivity contribution >= 4 is 11.9 Å². The number of nitrogens with two attached hydrogens (primary N) is 1. The number of carbonyl (C=O) groups excluding carboxylic acids is 1. The van der Waals surface area contributed by atoms with Crippen LogP contribution in [0.3, 0.4) is 0 Å². The minimum atomic E-state index is -0.644. The van der Waals surface area contributed by atoms with Crippen LogP contribution in [0, 0.1) is 62.1 Å². The zero-order chi connectivity index (χ0) is 42.4. The zero-order valence-electron chi connectivity index (χ0n) is 37.5. The van der Waals surface area contributed by atoms with Gasteiger partial charge in [0.1, 0.15) is 6.33 Å². The molecule has 7 rings (SSSR count). The van der Waals surface area contributed by atoms with Crippen LogP contribution in [0.25, 0.3) is 11.4 Å². The van der Waals surface area contributed by atoms with Crippen LogP contribution in [-0.2, 0) is 19.0 Å². The number of rotatable bonds is 10. The van der Waals surface area contributed by atoms with Gasteiger partial charge < -0.3 is 25.1 Å². The maximum absolute atomic E-state index is 13.6. The van der Waals surface area contributed by atoms with Gasteiger partial charge in [-0.2, -0.15) is 5.10 Å². The van der Waals surface area contributed by atoms with E-state index in [2.05, 4.69) is 86.9 Å². The molecule has 10 heteroatoms. The van der Waals surface area contributed by atoms with Crippen molar-refractivity contribution in [2.75, 3.05) is 26.4 Å². The summed E-state index contributed by atoms with van der Waals surface area (Å²) in [5.41, 5.74) is 7.50. The number of carbonyl (C=O) groups is 2. The van der Waals surface area contributed by atoms with Crippen molar-refractivity contribution in [3.8, 4) is 11.4 Å². The van der Waals surface area contributed by atoms with Crippen LogP contribution < -0.4 is 5.73 Å². The summed E-state index contributed by atoms with van der Waals surface area (Å²) in [6.07, 6.45) is 9.31. The van der Waals surface area contributed by atoms with Gasteiger partial charge in [0.15, 0.2) is 5.82 Å². The molecule has 10 nitrogen and oxygen atoms in total. The van der Waals surface area contributed by atoms with Gasteiger partial charge in [-0.3, -0.25) is 4.79 Å². The van der Waals surface area contributed by atoms with Crippen LogP contribution in [-0.4, -0.2) is 69.9 Å². The Kier molecular flexibility index (Phi) is 10.8. The minimum Gasteiger partial charge on any atom is -0.481 e. The number of ether oxygens (including phenoxy) is 3. The van der Waals surface area contributed by atoms with Gasteiger partial charge in [-0.05, 0) is 110 Å². The molecule has 2 aromatic rings. The lowest BCUT2D eigenvalue weighted by Gasteiger charge is -2.71. The van der Waals surface area contributed by atoms with Crippen molar-refractivity contribution in [2.24, 2.45) is 67.8 Å². The zero-order valence-corrected chi connectivity index (χ0v) is 37.5. The molecule has 5 aliphatic rings. The van der Waals surface area contributed by atoms with Crippen molar-refractivity contribution < 1.29 is 28.9 Å². The van der Waals surface area contributed by atoms with E-state index in [1.165, 1.54) is 5.57 Å². The van der Waals surface area contributed by atoms with E-state index in [0.717, 1.165) is 49.9 Å². The highest BCUT2D eigenvalue weighted by Crippen LogP contribution is 2.75. The van der Waals surface area contributed by atoms with Crippen LogP contribution in [0.4, 0.5) is 0 Å². The lowest BCUT2D eigenvalue weighted by molar-refractivity contribution is -0.253. The number of fused-ring (bicyclic) bond motifs is 3. The molecular formula is C48H72N4O6. The minimum absolute atomic E-state index is 0.195. The fourth-order valence-electron chi connectivity index (χ4n) is 13.3. The molecule has 320 valence electrons. The van der Waals surface area contributed by atoms with Gasteiger partial charge in [-0.15, -0.1) is 0 Å². The molecule has 0 amide bonds. The fourth-order valence-corrected chi connectivity index (χ4v) is 13.3. The first-order chi connectivity index (χ1) is 27.0. The van der Waals surface area contributed by atoms with Gasteiger partial charge in [0.25, 0.3) is 0 Å². The average molecular weight is 801 g/mol. The highest BCUT2D eigenvalue weighted by Gasteiger charge is 2.72. The van der Waals surface area contributed by atoms with Crippen molar-refractivity contribution in [1.29, 1.82) is 0 Å². The van der Waals surface area contributed by atoms with Gasteiger partial charge in [-0.25, -0.2) is 14.5 Å². The van der Waals surface area contributed by atoms with Gasteiger partial charge in [0.2, 0.25) is 0 Å². The van der Waals surface area contributed by atoms with E-state index < -0.39 is 22.8 Å². The van der Waals surface area contributed by atoms with Crippen molar-refractivity contribution in [2.45, 2.75) is 139 Å². The molecule has 0 spiro atoms. The molecule has 1 saturated heterocycles. The third kappa shape index (κ3) is 6.26. The Bertz CT molecular complexity index is 1910. The highest BCUT2D eigenvalue weighted by molar-refractivity contribution is 5.89. The number of aliphatic carboxylic acids is 1. The summed E-state index contributed by atoms with van der Waals surface area (Å²) in [4.78, 5) is 31.0. The highest BCUT2D eigenvalue weighted by atomic mass is 16.5. The molecule has 3 saturated carbocycles. The molecule has 12 atom stereocenters. The fraction of sp³-hybridized carbons (Fsp3) is 0.750. The molecule has 1 aromatic heterocycles. The summed E-state index contributed by atoms with van der Waals surface area (Å²) in [5.74, 6) is 0.492. The van der Waals surface area contributed by atoms with Crippen LogP contribution in [0.5, 0.6) is 0 Å². The van der Waals surface area contributed by atoms with E-state index >= 15 is 0 Å². The molecule has 58 heavy (non-hydrogen) atoms. The Morgan fingerprint density at radius 2 is 1.71 bits per heavy atom. The normalized spacial score (nSPS) is 38.7. The maximum atomic E-state index is 13.6. The standard InChI is InChI=1S/C48H72N4O6/c1-13-57-41(55)32-16-14-31(15-17-32)39-50-28-51-52(39)35-24-48-27-56-25-44(9,38(35)58-26-47(12,49)42(5,6)7)36(48)19-18-33-34(48)20-21-46(11)37(40(53)54)43(8,30(4)29(2)3)22-23-45(33,46)10/h14-17,20,28-30,33,35-38H,13,18-19,21-27,49H2,1-12H3,(H,53,54)/t30-,33+,35-,36-,37-,38+,43-,44-,45-,46+,47+,48+/m1/s1. The number of carboxylic acids is 1. The van der Waals surface area contributed by atoms with E-state index in [9.17, 15) is 14.7 Å². The number of esters is 1. The number of hydrogen-bond acceptors (Lipinski definition) is 8. The quantitative estimate of drug-likeness (QED) is 0.178. The molecule has 4 aliphatic carbocycles. The van der Waals surface area contributed by atoms with Gasteiger partial charge in [0.05, 0.1) is 50.1 Å². The number of benzene rings is 1. The monoisotopic (exact) mass is 801 g/mol. The number of nitrogens with zero attached hydrogens (tertiary/aromatic N) is 3. The van der Waals surface area contributed by atoms with E-state index in [4.69, 9.17) is 30.0 Å². The van der Waals surface area contributed by atoms with E-state index in [1.807, 2.05) is 12.1 Å².